The van der Waals surface area contributed by atoms with Crippen LogP contribution in [0.3, 0.4) is 0 Å². The summed E-state index contributed by atoms with van der Waals surface area (Å²) in [6, 6.07) is 16.1. The van der Waals surface area contributed by atoms with Crippen molar-refractivity contribution in [3.63, 3.8) is 0 Å². The molecular formula is C22H25ClN2O3. The van der Waals surface area contributed by atoms with Crippen LogP contribution < -0.4 is 4.74 Å². The number of nitrogens with zero attached hydrogens (tertiary/aromatic N) is 2. The molecule has 2 aromatic carbocycles. The predicted octanol–water partition coefficient (Wildman–Crippen LogP) is 4.13. The van der Waals surface area contributed by atoms with E-state index in [-0.39, 0.29) is 18.3 Å². The number of furan rings is 1. The number of rotatable bonds is 4. The number of carbonyl (C=O) groups is 1. The second-order valence-electron chi connectivity index (χ2n) is 6.97. The van der Waals surface area contributed by atoms with Gasteiger partial charge in [-0.05, 0) is 24.6 Å². The number of methoxy groups -OCH3 is 1. The number of carbonyl (C=O) groups excluding carboxylic acids is 1. The van der Waals surface area contributed by atoms with Gasteiger partial charge in [0.15, 0.2) is 5.76 Å². The number of halogens is 1. The van der Waals surface area contributed by atoms with E-state index in [2.05, 4.69) is 29.2 Å². The number of hydrogen-bond donors (Lipinski definition) is 0. The maximum Gasteiger partial charge on any atom is 0.289 e. The third-order valence-corrected chi connectivity index (χ3v) is 5.25. The molecular weight excluding hydrogens is 376 g/mol. The van der Waals surface area contributed by atoms with Crippen LogP contribution in [-0.4, -0.2) is 49.0 Å². The lowest BCUT2D eigenvalue weighted by Gasteiger charge is -2.34. The summed E-state index contributed by atoms with van der Waals surface area (Å²) in [5, 5.41) is 0.960. The average Bonchev–Trinajstić information content (AvgIpc) is 3.04. The molecule has 3 aromatic rings. The van der Waals surface area contributed by atoms with E-state index >= 15 is 0 Å². The lowest BCUT2D eigenvalue weighted by Crippen LogP contribution is -2.48. The summed E-state index contributed by atoms with van der Waals surface area (Å²) in [7, 11) is 1.62. The Kier molecular flexibility index (Phi) is 6.27. The van der Waals surface area contributed by atoms with Gasteiger partial charge in [0.05, 0.1) is 7.11 Å². The molecule has 1 fully saturated rings. The Balaban J connectivity index is 0.00000225. The van der Waals surface area contributed by atoms with Crippen LogP contribution in [0.1, 0.15) is 21.7 Å². The summed E-state index contributed by atoms with van der Waals surface area (Å²) < 4.78 is 11.1. The summed E-state index contributed by atoms with van der Waals surface area (Å²) in [5.41, 5.74) is 2.89. The lowest BCUT2D eigenvalue weighted by atomic mass is 10.1. The molecule has 1 aliphatic heterocycles. The highest BCUT2D eigenvalue weighted by Crippen LogP contribution is 2.29. The summed E-state index contributed by atoms with van der Waals surface area (Å²) in [6.07, 6.45) is 0. The Morgan fingerprint density at radius 3 is 2.46 bits per heavy atom. The highest BCUT2D eigenvalue weighted by molar-refractivity contribution is 5.99. The standard InChI is InChI=1S/C22H24N2O3.ClH/c1-16-19-9-8-18(26-2)14-20(19)27-21(16)22(25)24-12-10-23(11-13-24)15-17-6-4-3-5-7-17;/h3-9,14H,10-13,15H2,1-2H3;1H. The van der Waals surface area contributed by atoms with Crippen LogP contribution in [0.4, 0.5) is 0 Å². The summed E-state index contributed by atoms with van der Waals surface area (Å²) in [5.74, 6) is 1.14. The molecule has 28 heavy (non-hydrogen) atoms. The van der Waals surface area contributed by atoms with Crippen molar-refractivity contribution in [2.45, 2.75) is 13.5 Å². The van der Waals surface area contributed by atoms with E-state index < -0.39 is 0 Å². The number of benzene rings is 2. The Bertz CT molecular complexity index is 947. The van der Waals surface area contributed by atoms with Gasteiger partial charge in [-0.25, -0.2) is 0 Å². The predicted molar refractivity (Wildman–Crippen MR) is 112 cm³/mol. The van der Waals surface area contributed by atoms with E-state index in [1.165, 1.54) is 5.56 Å². The molecule has 0 saturated carbocycles. The number of amides is 1. The van der Waals surface area contributed by atoms with E-state index in [1.807, 2.05) is 36.1 Å². The zero-order valence-electron chi connectivity index (χ0n) is 16.2. The van der Waals surface area contributed by atoms with Gasteiger partial charge in [-0.2, -0.15) is 0 Å². The minimum Gasteiger partial charge on any atom is -0.497 e. The minimum atomic E-state index is -0.0259. The number of fused-ring (bicyclic) bond motifs is 1. The molecule has 1 aliphatic rings. The van der Waals surface area contributed by atoms with Crippen molar-refractivity contribution in [1.82, 2.24) is 9.80 Å². The molecule has 1 aromatic heterocycles. The van der Waals surface area contributed by atoms with Crippen molar-refractivity contribution in [3.8, 4) is 5.75 Å². The number of hydrogen-bond acceptors (Lipinski definition) is 4. The SMILES string of the molecule is COc1ccc2c(C)c(C(=O)N3CCN(Cc4ccccc4)CC3)oc2c1.Cl. The van der Waals surface area contributed by atoms with E-state index in [1.54, 1.807) is 7.11 Å². The van der Waals surface area contributed by atoms with Crippen LogP contribution in [0.2, 0.25) is 0 Å². The summed E-state index contributed by atoms with van der Waals surface area (Å²) in [4.78, 5) is 17.3. The molecule has 5 nitrogen and oxygen atoms in total. The molecule has 1 amide bonds. The van der Waals surface area contributed by atoms with Gasteiger partial charge < -0.3 is 14.1 Å². The van der Waals surface area contributed by atoms with Crippen LogP contribution >= 0.6 is 12.4 Å². The van der Waals surface area contributed by atoms with Crippen molar-refractivity contribution < 1.29 is 13.9 Å². The number of aryl methyl sites for hydroxylation is 1. The zero-order chi connectivity index (χ0) is 18.8. The molecule has 0 aliphatic carbocycles. The quantitative estimate of drug-likeness (QED) is 0.660. The zero-order valence-corrected chi connectivity index (χ0v) is 17.0. The van der Waals surface area contributed by atoms with Gasteiger partial charge in [-0.3, -0.25) is 9.69 Å². The fourth-order valence-electron chi connectivity index (χ4n) is 3.63. The van der Waals surface area contributed by atoms with E-state index in [4.69, 9.17) is 9.15 Å². The minimum absolute atomic E-state index is 0. The molecule has 148 valence electrons. The van der Waals surface area contributed by atoms with Crippen molar-refractivity contribution in [1.29, 1.82) is 0 Å². The molecule has 0 unspecified atom stereocenters. The topological polar surface area (TPSA) is 45.9 Å². The molecule has 2 heterocycles. The second kappa shape index (κ2) is 8.67. The van der Waals surface area contributed by atoms with Gasteiger partial charge >= 0.3 is 0 Å². The largest absolute Gasteiger partial charge is 0.497 e. The van der Waals surface area contributed by atoms with Gasteiger partial charge in [0, 0.05) is 49.7 Å². The maximum atomic E-state index is 13.0. The number of piperazine rings is 1. The normalized spacial score (nSPS) is 14.7. The monoisotopic (exact) mass is 400 g/mol. The smallest absolute Gasteiger partial charge is 0.289 e. The third-order valence-electron chi connectivity index (χ3n) is 5.25. The molecule has 0 bridgehead atoms. The Morgan fingerprint density at radius 1 is 1.07 bits per heavy atom. The van der Waals surface area contributed by atoms with E-state index in [0.717, 1.165) is 36.3 Å². The Labute approximate surface area is 171 Å². The van der Waals surface area contributed by atoms with Crippen molar-refractivity contribution in [2.75, 3.05) is 33.3 Å². The number of ether oxygens (including phenoxy) is 1. The molecule has 0 spiro atoms. The van der Waals surface area contributed by atoms with Gasteiger partial charge in [-0.1, -0.05) is 30.3 Å². The second-order valence-corrected chi connectivity index (χ2v) is 6.97. The first-order valence-corrected chi connectivity index (χ1v) is 9.28. The van der Waals surface area contributed by atoms with Crippen molar-refractivity contribution >= 4 is 29.3 Å². The molecule has 4 rings (SSSR count). The third kappa shape index (κ3) is 4.01. The van der Waals surface area contributed by atoms with Crippen LogP contribution in [0.25, 0.3) is 11.0 Å². The first-order valence-electron chi connectivity index (χ1n) is 9.28. The van der Waals surface area contributed by atoms with Crippen LogP contribution in [0.15, 0.2) is 52.9 Å². The Morgan fingerprint density at radius 2 is 1.79 bits per heavy atom. The first kappa shape index (κ1) is 20.2. The molecule has 6 heteroatoms. The van der Waals surface area contributed by atoms with Gasteiger partial charge in [0.1, 0.15) is 11.3 Å². The highest BCUT2D eigenvalue weighted by Gasteiger charge is 2.26. The van der Waals surface area contributed by atoms with Crippen LogP contribution in [0, 0.1) is 6.92 Å². The average molecular weight is 401 g/mol. The van der Waals surface area contributed by atoms with Crippen LogP contribution in [-0.2, 0) is 6.54 Å². The van der Waals surface area contributed by atoms with E-state index in [0.29, 0.717) is 24.4 Å². The maximum absolute atomic E-state index is 13.0. The van der Waals surface area contributed by atoms with Gasteiger partial charge in [0.25, 0.3) is 5.91 Å². The molecule has 1 saturated heterocycles. The van der Waals surface area contributed by atoms with E-state index in [9.17, 15) is 4.79 Å². The highest BCUT2D eigenvalue weighted by atomic mass is 35.5. The van der Waals surface area contributed by atoms with Crippen molar-refractivity contribution in [2.24, 2.45) is 0 Å². The Hall–Kier alpha value is -2.50. The molecule has 0 atom stereocenters. The van der Waals surface area contributed by atoms with Gasteiger partial charge in [0.2, 0.25) is 0 Å². The van der Waals surface area contributed by atoms with Crippen molar-refractivity contribution in [3.05, 3.63) is 65.4 Å². The fraction of sp³-hybridized carbons (Fsp3) is 0.318. The van der Waals surface area contributed by atoms with Crippen LogP contribution in [0.5, 0.6) is 5.75 Å². The molecule has 0 N–H and O–H groups in total. The lowest BCUT2D eigenvalue weighted by molar-refractivity contribution is 0.0599. The van der Waals surface area contributed by atoms with Gasteiger partial charge in [-0.15, -0.1) is 12.4 Å². The molecule has 0 radical (unpaired) electrons. The fourth-order valence-corrected chi connectivity index (χ4v) is 3.63. The summed E-state index contributed by atoms with van der Waals surface area (Å²) >= 11 is 0. The summed E-state index contributed by atoms with van der Waals surface area (Å²) in [6.45, 7) is 6.03. The first-order chi connectivity index (χ1) is 13.2.